The molecule has 0 aliphatic carbocycles. The standard InChI is InChI=1S/C31H28ClF5N2O6/c1-15(2)45-30(43)23-20(10-6-7-13-39-27(40)16-8-4-5-9-17(16)28(39)41)38-21(14-33)24(29(42)44-3)25(23)22-19(34)12-11-18(32)26(22)31(35,36)37/h4-5,8-9,11-12,15,25,38H,6-7,10,13-14H2,1-3H3. The highest BCUT2D eigenvalue weighted by molar-refractivity contribution is 6.31. The number of benzene rings is 2. The number of esters is 2. The summed E-state index contributed by atoms with van der Waals surface area (Å²) in [5.74, 6) is -7.08. The molecule has 2 aromatic carbocycles. The van der Waals surface area contributed by atoms with Gasteiger partial charge in [0.15, 0.2) is 0 Å². The van der Waals surface area contributed by atoms with Crippen LogP contribution >= 0.6 is 11.6 Å². The number of carbonyl (C=O) groups is 4. The second-order valence-corrected chi connectivity index (χ2v) is 10.9. The number of ether oxygens (including phenoxy) is 2. The quantitative estimate of drug-likeness (QED) is 0.140. The minimum atomic E-state index is -5.25. The van der Waals surface area contributed by atoms with Crippen LogP contribution in [0.4, 0.5) is 22.0 Å². The van der Waals surface area contributed by atoms with E-state index in [2.05, 4.69) is 5.32 Å². The number of nitrogens with one attached hydrogen (secondary N) is 1. The van der Waals surface area contributed by atoms with E-state index in [0.29, 0.717) is 12.1 Å². The van der Waals surface area contributed by atoms with E-state index < -0.39 is 87.4 Å². The summed E-state index contributed by atoms with van der Waals surface area (Å²) in [6, 6.07) is 7.60. The Morgan fingerprint density at radius 3 is 2.11 bits per heavy atom. The lowest BCUT2D eigenvalue weighted by molar-refractivity contribution is -0.144. The lowest BCUT2D eigenvalue weighted by Crippen LogP contribution is -2.36. The summed E-state index contributed by atoms with van der Waals surface area (Å²) in [4.78, 5) is 53.0. The molecule has 1 atom stereocenters. The fourth-order valence-electron chi connectivity index (χ4n) is 5.42. The first-order valence-electron chi connectivity index (χ1n) is 13.8. The Morgan fingerprint density at radius 2 is 1.58 bits per heavy atom. The molecule has 2 aliphatic heterocycles. The highest BCUT2D eigenvalue weighted by atomic mass is 35.5. The van der Waals surface area contributed by atoms with Gasteiger partial charge < -0.3 is 14.8 Å². The highest BCUT2D eigenvalue weighted by Crippen LogP contribution is 2.48. The molecule has 2 amide bonds. The molecule has 1 unspecified atom stereocenters. The number of imide groups is 1. The number of hydrogen-bond acceptors (Lipinski definition) is 7. The van der Waals surface area contributed by atoms with Gasteiger partial charge >= 0.3 is 18.1 Å². The average Bonchev–Trinajstić information content (AvgIpc) is 3.22. The maximum Gasteiger partial charge on any atom is 0.418 e. The minimum Gasteiger partial charge on any atom is -0.466 e. The van der Waals surface area contributed by atoms with Crippen LogP contribution in [-0.4, -0.2) is 55.1 Å². The van der Waals surface area contributed by atoms with E-state index >= 15 is 4.39 Å². The van der Waals surface area contributed by atoms with Gasteiger partial charge in [-0.2, -0.15) is 13.2 Å². The summed E-state index contributed by atoms with van der Waals surface area (Å²) in [5.41, 5.74) is -4.37. The molecule has 2 aliphatic rings. The number of carbonyl (C=O) groups excluding carboxylic acids is 4. The molecular weight excluding hydrogens is 627 g/mol. The van der Waals surface area contributed by atoms with E-state index in [4.69, 9.17) is 21.1 Å². The van der Waals surface area contributed by atoms with E-state index in [1.54, 1.807) is 12.1 Å². The molecule has 4 rings (SSSR count). The summed E-state index contributed by atoms with van der Waals surface area (Å²) in [7, 11) is 0.895. The third-order valence-electron chi connectivity index (χ3n) is 7.28. The Bertz CT molecular complexity index is 1580. The van der Waals surface area contributed by atoms with Gasteiger partial charge in [0.05, 0.1) is 57.7 Å². The minimum absolute atomic E-state index is 0.0325. The lowest BCUT2D eigenvalue weighted by Gasteiger charge is -2.33. The zero-order valence-corrected chi connectivity index (χ0v) is 25.1. The molecule has 0 aromatic heterocycles. The number of allylic oxidation sites excluding steroid dienone is 2. The fraction of sp³-hybridized carbons (Fsp3) is 0.355. The van der Waals surface area contributed by atoms with Gasteiger partial charge in [0.1, 0.15) is 12.5 Å². The molecule has 0 spiro atoms. The lowest BCUT2D eigenvalue weighted by atomic mass is 9.77. The first-order valence-corrected chi connectivity index (χ1v) is 14.2. The topological polar surface area (TPSA) is 102 Å². The van der Waals surface area contributed by atoms with Crippen molar-refractivity contribution in [3.8, 4) is 0 Å². The number of methoxy groups -OCH3 is 1. The van der Waals surface area contributed by atoms with E-state index in [1.807, 2.05) is 0 Å². The Labute approximate surface area is 259 Å². The van der Waals surface area contributed by atoms with Crippen LogP contribution in [0.1, 0.15) is 70.9 Å². The molecule has 45 heavy (non-hydrogen) atoms. The molecule has 0 saturated carbocycles. The number of amides is 2. The predicted molar refractivity (Wildman–Crippen MR) is 151 cm³/mol. The SMILES string of the molecule is COC(=O)C1=C(CF)NC(CCCCN2C(=O)c3ccccc3C2=O)=C(C(=O)OC(C)C)C1c1c(F)ccc(Cl)c1C(F)(F)F. The molecule has 2 aromatic rings. The molecule has 0 radical (unpaired) electrons. The van der Waals surface area contributed by atoms with Gasteiger partial charge in [-0.25, -0.2) is 18.4 Å². The average molecular weight is 655 g/mol. The number of fused-ring (bicyclic) bond motifs is 1. The van der Waals surface area contributed by atoms with Crippen molar-refractivity contribution in [2.75, 3.05) is 20.3 Å². The Kier molecular flexibility index (Phi) is 10.0. The van der Waals surface area contributed by atoms with Crippen LogP contribution in [-0.2, 0) is 25.2 Å². The summed E-state index contributed by atoms with van der Waals surface area (Å²) in [6.07, 6.45) is -5.90. The van der Waals surface area contributed by atoms with E-state index in [-0.39, 0.29) is 42.6 Å². The zero-order chi connectivity index (χ0) is 33.2. The van der Waals surface area contributed by atoms with Crippen LogP contribution in [0.5, 0.6) is 0 Å². The highest BCUT2D eigenvalue weighted by Gasteiger charge is 2.47. The third kappa shape index (κ3) is 6.58. The van der Waals surface area contributed by atoms with Crippen LogP contribution < -0.4 is 5.32 Å². The van der Waals surface area contributed by atoms with Crippen LogP contribution in [0.15, 0.2) is 58.9 Å². The molecule has 0 saturated heterocycles. The molecule has 14 heteroatoms. The van der Waals surface area contributed by atoms with Crippen molar-refractivity contribution in [2.45, 2.75) is 51.3 Å². The maximum absolute atomic E-state index is 15.5. The predicted octanol–water partition coefficient (Wildman–Crippen LogP) is 6.25. The summed E-state index contributed by atoms with van der Waals surface area (Å²) in [5, 5.41) is 1.71. The smallest absolute Gasteiger partial charge is 0.418 e. The van der Waals surface area contributed by atoms with Crippen molar-refractivity contribution in [1.82, 2.24) is 10.2 Å². The Morgan fingerprint density at radius 1 is 0.978 bits per heavy atom. The van der Waals surface area contributed by atoms with Crippen molar-refractivity contribution in [1.29, 1.82) is 0 Å². The van der Waals surface area contributed by atoms with Gasteiger partial charge in [0.2, 0.25) is 0 Å². The Hall–Kier alpha value is -4.26. The van der Waals surface area contributed by atoms with E-state index in [0.717, 1.165) is 12.0 Å². The molecule has 2 heterocycles. The summed E-state index contributed by atoms with van der Waals surface area (Å²) in [6.45, 7) is 1.48. The molecular formula is C31H28ClF5N2O6. The number of unbranched alkanes of at least 4 members (excludes halogenated alkanes) is 1. The van der Waals surface area contributed by atoms with Crippen molar-refractivity contribution in [3.63, 3.8) is 0 Å². The number of rotatable bonds is 10. The molecule has 1 N–H and O–H groups in total. The zero-order valence-electron chi connectivity index (χ0n) is 24.3. The molecule has 8 nitrogen and oxygen atoms in total. The first-order chi connectivity index (χ1) is 21.2. The molecule has 0 fully saturated rings. The second-order valence-electron chi connectivity index (χ2n) is 10.5. The van der Waals surface area contributed by atoms with Crippen molar-refractivity contribution >= 4 is 35.4 Å². The van der Waals surface area contributed by atoms with Crippen molar-refractivity contribution < 1.29 is 50.6 Å². The molecule has 240 valence electrons. The summed E-state index contributed by atoms with van der Waals surface area (Å²) >= 11 is 5.91. The third-order valence-corrected chi connectivity index (χ3v) is 7.60. The maximum atomic E-state index is 15.5. The van der Waals surface area contributed by atoms with Gasteiger partial charge in [-0.15, -0.1) is 0 Å². The number of dihydropyridines is 1. The van der Waals surface area contributed by atoms with Crippen molar-refractivity contribution in [3.05, 3.63) is 92.0 Å². The van der Waals surface area contributed by atoms with Crippen LogP contribution in [0.2, 0.25) is 5.02 Å². The number of alkyl halides is 4. The fourth-order valence-corrected chi connectivity index (χ4v) is 5.69. The van der Waals surface area contributed by atoms with Crippen LogP contribution in [0.3, 0.4) is 0 Å². The molecule has 0 bridgehead atoms. The van der Waals surface area contributed by atoms with Gasteiger partial charge in [-0.1, -0.05) is 23.7 Å². The van der Waals surface area contributed by atoms with Gasteiger partial charge in [0, 0.05) is 17.8 Å². The largest absolute Gasteiger partial charge is 0.466 e. The van der Waals surface area contributed by atoms with Crippen LogP contribution in [0.25, 0.3) is 0 Å². The number of hydrogen-bond donors (Lipinski definition) is 1. The first kappa shape index (κ1) is 33.6. The van der Waals surface area contributed by atoms with Crippen LogP contribution in [0, 0.1) is 5.82 Å². The van der Waals surface area contributed by atoms with E-state index in [1.165, 1.54) is 26.0 Å². The van der Waals surface area contributed by atoms with E-state index in [9.17, 15) is 36.7 Å². The number of halogens is 6. The van der Waals surface area contributed by atoms with Crippen molar-refractivity contribution in [2.24, 2.45) is 0 Å². The normalized spacial score (nSPS) is 16.8. The van der Waals surface area contributed by atoms with Gasteiger partial charge in [0.25, 0.3) is 11.8 Å². The number of nitrogens with zero attached hydrogens (tertiary/aromatic N) is 1. The van der Waals surface area contributed by atoms with Gasteiger partial charge in [-0.3, -0.25) is 14.5 Å². The summed E-state index contributed by atoms with van der Waals surface area (Å²) < 4.78 is 83.1. The van der Waals surface area contributed by atoms with Gasteiger partial charge in [-0.05, 0) is 57.4 Å². The second kappa shape index (κ2) is 13.4. The monoisotopic (exact) mass is 654 g/mol. The Balaban J connectivity index is 1.79.